The maximum absolute atomic E-state index is 12.4. The minimum atomic E-state index is -0.997. The van der Waals surface area contributed by atoms with Gasteiger partial charge in [-0.3, -0.25) is 4.79 Å². The van der Waals surface area contributed by atoms with Crippen LogP contribution in [0, 0.1) is 5.41 Å². The minimum absolute atomic E-state index is 0.169. The average Bonchev–Trinajstić information content (AvgIpc) is 2.38. The molecule has 1 aliphatic heterocycles. The molecule has 0 aromatic rings. The Morgan fingerprint density at radius 3 is 2.47 bits per heavy atom. The molecule has 1 aliphatic rings. The van der Waals surface area contributed by atoms with E-state index >= 15 is 0 Å². The van der Waals surface area contributed by atoms with Gasteiger partial charge in [-0.2, -0.15) is 0 Å². The van der Waals surface area contributed by atoms with E-state index in [1.165, 1.54) is 0 Å². The van der Waals surface area contributed by atoms with Crippen LogP contribution in [0.3, 0.4) is 0 Å². The number of morpholine rings is 1. The molecule has 0 aromatic heterocycles. The fourth-order valence-corrected chi connectivity index (χ4v) is 2.19. The second kappa shape index (κ2) is 7.33. The number of hydrogen-bond donors (Lipinski definition) is 2. The highest BCUT2D eigenvalue weighted by molar-refractivity contribution is 5.82. The fourth-order valence-electron chi connectivity index (χ4n) is 2.19. The van der Waals surface area contributed by atoms with Crippen LogP contribution in [0.4, 0.5) is 4.79 Å². The van der Waals surface area contributed by atoms with Crippen molar-refractivity contribution < 1.29 is 19.4 Å². The first-order valence-electron chi connectivity index (χ1n) is 6.77. The van der Waals surface area contributed by atoms with Crippen LogP contribution in [0.25, 0.3) is 0 Å². The van der Waals surface area contributed by atoms with Crippen molar-refractivity contribution in [1.82, 2.24) is 10.2 Å². The molecule has 0 aromatic carbocycles. The summed E-state index contributed by atoms with van der Waals surface area (Å²) in [4.78, 5) is 24.5. The van der Waals surface area contributed by atoms with Crippen molar-refractivity contribution in [1.29, 1.82) is 0 Å². The first-order valence-corrected chi connectivity index (χ1v) is 6.77. The summed E-state index contributed by atoms with van der Waals surface area (Å²) in [6.45, 7) is 6.92. The quantitative estimate of drug-likeness (QED) is 0.715. The van der Waals surface area contributed by atoms with Crippen LogP contribution in [-0.2, 0) is 9.53 Å². The number of nitrogens with zero attached hydrogens (tertiary/aromatic N) is 1. The van der Waals surface area contributed by atoms with Gasteiger partial charge < -0.3 is 20.1 Å². The van der Waals surface area contributed by atoms with Gasteiger partial charge >= 0.3 is 6.09 Å². The maximum atomic E-state index is 12.4. The zero-order chi connectivity index (χ0) is 14.3. The second-order valence-corrected chi connectivity index (χ2v) is 5.48. The lowest BCUT2D eigenvalue weighted by Crippen LogP contribution is -2.46. The molecule has 6 nitrogen and oxygen atoms in total. The van der Waals surface area contributed by atoms with E-state index in [2.05, 4.69) is 5.32 Å². The first kappa shape index (κ1) is 15.8. The normalized spacial score (nSPS) is 16.2. The number of nitrogens with one attached hydrogen (secondary N) is 1. The molecule has 0 radical (unpaired) electrons. The number of carboxylic acid groups (broad SMARTS) is 1. The molecule has 0 aliphatic carbocycles. The van der Waals surface area contributed by atoms with Crippen molar-refractivity contribution in [2.75, 3.05) is 32.8 Å². The van der Waals surface area contributed by atoms with Crippen molar-refractivity contribution in [2.24, 2.45) is 5.41 Å². The van der Waals surface area contributed by atoms with E-state index in [4.69, 9.17) is 9.84 Å². The van der Waals surface area contributed by atoms with Crippen LogP contribution in [0.1, 0.15) is 33.1 Å². The SMILES string of the molecule is CC(C)(CCCCNC(=O)O)C(=O)N1CCOCC1. The average molecular weight is 272 g/mol. The van der Waals surface area contributed by atoms with Crippen molar-refractivity contribution in [3.8, 4) is 0 Å². The molecule has 1 rings (SSSR count). The van der Waals surface area contributed by atoms with Crippen LogP contribution < -0.4 is 5.32 Å². The number of carbonyl (C=O) groups is 2. The maximum Gasteiger partial charge on any atom is 0.404 e. The van der Waals surface area contributed by atoms with E-state index in [-0.39, 0.29) is 11.3 Å². The zero-order valence-electron chi connectivity index (χ0n) is 11.8. The van der Waals surface area contributed by atoms with Crippen molar-refractivity contribution in [3.63, 3.8) is 0 Å². The summed E-state index contributed by atoms with van der Waals surface area (Å²) in [5.74, 6) is 0.169. The molecule has 19 heavy (non-hydrogen) atoms. The highest BCUT2D eigenvalue weighted by atomic mass is 16.5. The van der Waals surface area contributed by atoms with Crippen LogP contribution in [0.2, 0.25) is 0 Å². The molecule has 110 valence electrons. The third kappa shape index (κ3) is 5.46. The zero-order valence-corrected chi connectivity index (χ0v) is 11.8. The predicted molar refractivity (Wildman–Crippen MR) is 71.1 cm³/mol. The number of carbonyl (C=O) groups excluding carboxylic acids is 1. The summed E-state index contributed by atoms with van der Waals surface area (Å²) < 4.78 is 5.24. The van der Waals surface area contributed by atoms with Gasteiger partial charge in [-0.05, 0) is 12.8 Å². The summed E-state index contributed by atoms with van der Waals surface area (Å²) in [5, 5.41) is 10.8. The van der Waals surface area contributed by atoms with Crippen molar-refractivity contribution >= 4 is 12.0 Å². The van der Waals surface area contributed by atoms with Gasteiger partial charge in [0.05, 0.1) is 13.2 Å². The number of unbranched alkanes of at least 4 members (excludes halogenated alkanes) is 1. The van der Waals surface area contributed by atoms with E-state index in [0.717, 1.165) is 19.3 Å². The molecular weight excluding hydrogens is 248 g/mol. The lowest BCUT2D eigenvalue weighted by molar-refractivity contribution is -0.144. The van der Waals surface area contributed by atoms with Crippen LogP contribution >= 0.6 is 0 Å². The Kier molecular flexibility index (Phi) is 6.08. The number of rotatable bonds is 6. The van der Waals surface area contributed by atoms with Gasteiger partial charge in [-0.1, -0.05) is 20.3 Å². The Labute approximate surface area is 114 Å². The Balaban J connectivity index is 2.29. The van der Waals surface area contributed by atoms with Gasteiger partial charge in [0.1, 0.15) is 0 Å². The van der Waals surface area contributed by atoms with Crippen molar-refractivity contribution in [3.05, 3.63) is 0 Å². The molecule has 0 bridgehead atoms. The summed E-state index contributed by atoms with van der Waals surface area (Å²) in [6.07, 6.45) is 1.36. The molecule has 2 N–H and O–H groups in total. The van der Waals surface area contributed by atoms with Gasteiger partial charge in [-0.15, -0.1) is 0 Å². The number of ether oxygens (including phenoxy) is 1. The molecule has 0 atom stereocenters. The monoisotopic (exact) mass is 272 g/mol. The smallest absolute Gasteiger partial charge is 0.404 e. The minimum Gasteiger partial charge on any atom is -0.465 e. The highest BCUT2D eigenvalue weighted by Gasteiger charge is 2.32. The largest absolute Gasteiger partial charge is 0.465 e. The van der Waals surface area contributed by atoms with Gasteiger partial charge in [0.25, 0.3) is 0 Å². The van der Waals surface area contributed by atoms with Crippen LogP contribution in [0.5, 0.6) is 0 Å². The molecule has 0 saturated carbocycles. The fraction of sp³-hybridized carbons (Fsp3) is 0.846. The van der Waals surface area contributed by atoms with Crippen molar-refractivity contribution in [2.45, 2.75) is 33.1 Å². The molecule has 2 amide bonds. The van der Waals surface area contributed by atoms with E-state index in [1.54, 1.807) is 0 Å². The number of amides is 2. The predicted octanol–water partition coefficient (Wildman–Crippen LogP) is 1.31. The van der Waals surface area contributed by atoms with Gasteiger partial charge in [0.15, 0.2) is 0 Å². The molecule has 6 heteroatoms. The Hall–Kier alpha value is -1.30. The summed E-state index contributed by atoms with van der Waals surface area (Å²) in [5.41, 5.74) is -0.388. The number of hydrogen-bond acceptors (Lipinski definition) is 3. The highest BCUT2D eigenvalue weighted by Crippen LogP contribution is 2.26. The Morgan fingerprint density at radius 2 is 1.89 bits per heavy atom. The van der Waals surface area contributed by atoms with E-state index in [9.17, 15) is 9.59 Å². The van der Waals surface area contributed by atoms with Crippen LogP contribution in [-0.4, -0.2) is 54.9 Å². The first-order chi connectivity index (χ1) is 8.93. The van der Waals surface area contributed by atoms with Crippen LogP contribution in [0.15, 0.2) is 0 Å². The topological polar surface area (TPSA) is 78.9 Å². The molecular formula is C13H24N2O4. The third-order valence-electron chi connectivity index (χ3n) is 3.38. The Bertz CT molecular complexity index is 312. The summed E-state index contributed by atoms with van der Waals surface area (Å²) in [7, 11) is 0. The molecule has 1 heterocycles. The third-order valence-corrected chi connectivity index (χ3v) is 3.38. The van der Waals surface area contributed by atoms with E-state index in [1.807, 2.05) is 18.7 Å². The molecule has 0 spiro atoms. The van der Waals surface area contributed by atoms with Gasteiger partial charge in [0.2, 0.25) is 5.91 Å². The standard InChI is InChI=1S/C13H24N2O4/c1-13(2,5-3-4-6-14-12(17)18)11(16)15-7-9-19-10-8-15/h14H,3-10H2,1-2H3,(H,17,18). The summed E-state index contributed by atoms with van der Waals surface area (Å²) >= 11 is 0. The molecule has 1 fully saturated rings. The van der Waals surface area contributed by atoms with E-state index in [0.29, 0.717) is 32.8 Å². The molecule has 1 saturated heterocycles. The molecule has 0 unspecified atom stereocenters. The lowest BCUT2D eigenvalue weighted by atomic mass is 9.85. The van der Waals surface area contributed by atoms with E-state index < -0.39 is 6.09 Å². The second-order valence-electron chi connectivity index (χ2n) is 5.48. The van der Waals surface area contributed by atoms with Gasteiger partial charge in [-0.25, -0.2) is 4.79 Å². The van der Waals surface area contributed by atoms with Gasteiger partial charge in [0, 0.05) is 25.0 Å². The lowest BCUT2D eigenvalue weighted by Gasteiger charge is -2.34. The Morgan fingerprint density at radius 1 is 1.26 bits per heavy atom. The summed E-state index contributed by atoms with van der Waals surface area (Å²) in [6, 6.07) is 0.